The highest BCUT2D eigenvalue weighted by molar-refractivity contribution is 5.73. The molecule has 0 radical (unpaired) electrons. The minimum absolute atomic E-state index is 0.201. The number of fused-ring (bicyclic) bond motifs is 3. The maximum Gasteiger partial charge on any atom is 0.320 e. The van der Waals surface area contributed by atoms with Gasteiger partial charge >= 0.3 is 17.9 Å². The lowest BCUT2D eigenvalue weighted by Gasteiger charge is -2.71. The lowest BCUT2D eigenvalue weighted by atomic mass is 9.34. The van der Waals surface area contributed by atoms with E-state index in [-0.39, 0.29) is 52.5 Å². The zero-order valence-corrected chi connectivity index (χ0v) is 31.1. The number of hydrogen-bond acceptors (Lipinski definition) is 8. The fraction of sp³-hybridized carbons (Fsp3) is 0.872. The Morgan fingerprint density at radius 1 is 0.979 bits per heavy atom. The van der Waals surface area contributed by atoms with Gasteiger partial charge in [-0.3, -0.25) is 19.3 Å². The number of allylic oxidation sites excluding steroid dienone is 1. The summed E-state index contributed by atoms with van der Waals surface area (Å²) < 4.78 is 19.0. The number of nitrogens with zero attached hydrogens (tertiary/aromatic N) is 2. The van der Waals surface area contributed by atoms with Crippen LogP contribution in [0, 0.1) is 56.7 Å². The van der Waals surface area contributed by atoms with Gasteiger partial charge in [0.05, 0.1) is 25.7 Å². The van der Waals surface area contributed by atoms with Gasteiger partial charge in [0.25, 0.3) is 0 Å². The highest BCUT2D eigenvalue weighted by atomic mass is 16.6. The number of ether oxygens (including phenoxy) is 3. The summed E-state index contributed by atoms with van der Waals surface area (Å²) in [7, 11) is 2.10. The molecule has 0 spiro atoms. The van der Waals surface area contributed by atoms with E-state index in [0.717, 1.165) is 51.9 Å². The van der Waals surface area contributed by atoms with Crippen LogP contribution in [0.2, 0.25) is 0 Å². The van der Waals surface area contributed by atoms with Gasteiger partial charge in [-0.05, 0) is 85.5 Å². The number of carboxylic acids is 1. The quantitative estimate of drug-likeness (QED) is 0.271. The zero-order valence-electron chi connectivity index (χ0n) is 31.1. The van der Waals surface area contributed by atoms with E-state index >= 15 is 0 Å². The number of rotatable bonds is 7. The molecule has 4 aliphatic carbocycles. The third-order valence-corrected chi connectivity index (χ3v) is 15.6. The van der Waals surface area contributed by atoms with Crippen LogP contribution < -0.4 is 0 Å². The molecule has 1 N–H and O–H groups in total. The molecule has 2 bridgehead atoms. The minimum Gasteiger partial charge on any atom is -0.481 e. The van der Waals surface area contributed by atoms with Crippen molar-refractivity contribution in [3.8, 4) is 0 Å². The Morgan fingerprint density at radius 3 is 2.29 bits per heavy atom. The van der Waals surface area contributed by atoms with Gasteiger partial charge in [0.15, 0.2) is 0 Å². The number of carbonyl (C=O) groups is 3. The number of aliphatic carboxylic acids is 1. The van der Waals surface area contributed by atoms with Crippen molar-refractivity contribution < 1.29 is 33.7 Å². The third kappa shape index (κ3) is 5.30. The molecule has 11 atom stereocenters. The molecule has 6 rings (SSSR count). The molecule has 0 unspecified atom stereocenters. The topological polar surface area (TPSA) is 106 Å². The van der Waals surface area contributed by atoms with E-state index in [4.69, 9.17) is 14.2 Å². The van der Waals surface area contributed by atoms with Crippen LogP contribution in [0.15, 0.2) is 11.6 Å². The van der Waals surface area contributed by atoms with Crippen LogP contribution >= 0.6 is 0 Å². The van der Waals surface area contributed by atoms with Crippen LogP contribution in [0.5, 0.6) is 0 Å². The largest absolute Gasteiger partial charge is 0.481 e. The van der Waals surface area contributed by atoms with Crippen LogP contribution in [-0.4, -0.2) is 98.0 Å². The predicted molar refractivity (Wildman–Crippen MR) is 183 cm³/mol. The van der Waals surface area contributed by atoms with Crippen LogP contribution in [-0.2, 0) is 28.6 Å². The molecule has 6 aliphatic rings. The van der Waals surface area contributed by atoms with Crippen molar-refractivity contribution in [3.05, 3.63) is 11.6 Å². The Balaban J connectivity index is 1.35. The summed E-state index contributed by atoms with van der Waals surface area (Å²) in [6, 6.07) is 0. The SMILES string of the molecule is CC(=O)O[C@@H]1C[C@]23COC[C@@](C)([C@@H]2CC[C@H]2C3=CC[C@@]3(C)[C@H](C(=O)O)[C@@](C)([C@H](C)C(C)C)CC[C@]23C)[C@H]1OC(=O)CN1CCN(C)CC1. The number of carboxylic acid groups (broad SMARTS) is 1. The minimum atomic E-state index is -0.662. The summed E-state index contributed by atoms with van der Waals surface area (Å²) in [6.07, 6.45) is 6.31. The lowest BCUT2D eigenvalue weighted by molar-refractivity contribution is -0.263. The maximum absolute atomic E-state index is 13.5. The van der Waals surface area contributed by atoms with Crippen molar-refractivity contribution in [2.24, 2.45) is 56.7 Å². The van der Waals surface area contributed by atoms with Crippen molar-refractivity contribution in [1.29, 1.82) is 0 Å². The molecule has 0 amide bonds. The molecule has 48 heavy (non-hydrogen) atoms. The summed E-state index contributed by atoms with van der Waals surface area (Å²) >= 11 is 0. The number of esters is 2. The van der Waals surface area contributed by atoms with Gasteiger partial charge in [0.1, 0.15) is 12.2 Å². The van der Waals surface area contributed by atoms with Crippen molar-refractivity contribution in [3.63, 3.8) is 0 Å². The molecule has 0 aromatic rings. The smallest absolute Gasteiger partial charge is 0.320 e. The van der Waals surface area contributed by atoms with E-state index in [1.807, 2.05) is 0 Å². The second-order valence-electron chi connectivity index (χ2n) is 18.2. The molecule has 2 heterocycles. The van der Waals surface area contributed by atoms with Gasteiger partial charge in [0, 0.05) is 43.9 Å². The first-order valence-corrected chi connectivity index (χ1v) is 18.7. The number of piperazine rings is 1. The summed E-state index contributed by atoms with van der Waals surface area (Å²) in [4.78, 5) is 43.9. The van der Waals surface area contributed by atoms with Gasteiger partial charge in [-0.2, -0.15) is 0 Å². The second-order valence-corrected chi connectivity index (χ2v) is 18.2. The van der Waals surface area contributed by atoms with E-state index in [9.17, 15) is 19.5 Å². The second kappa shape index (κ2) is 12.4. The van der Waals surface area contributed by atoms with Gasteiger partial charge in [-0.1, -0.05) is 60.1 Å². The molecule has 0 aromatic carbocycles. The Kier molecular flexibility index (Phi) is 9.23. The monoisotopic (exact) mass is 670 g/mol. The molecule has 2 saturated heterocycles. The summed E-state index contributed by atoms with van der Waals surface area (Å²) in [6.45, 7) is 21.9. The number of likely N-dealkylation sites (N-methyl/N-ethyl adjacent to an activating group) is 1. The van der Waals surface area contributed by atoms with E-state index in [2.05, 4.69) is 71.4 Å². The number of carbonyl (C=O) groups excluding carboxylic acids is 2. The molecule has 9 nitrogen and oxygen atoms in total. The van der Waals surface area contributed by atoms with Gasteiger partial charge in [0.2, 0.25) is 0 Å². The molecule has 0 aromatic heterocycles. The van der Waals surface area contributed by atoms with E-state index in [0.29, 0.717) is 32.0 Å². The van der Waals surface area contributed by atoms with Gasteiger partial charge in [-0.25, -0.2) is 0 Å². The van der Waals surface area contributed by atoms with Gasteiger partial charge < -0.3 is 24.2 Å². The Hall–Kier alpha value is -1.97. The van der Waals surface area contributed by atoms with Crippen molar-refractivity contribution in [2.45, 2.75) is 106 Å². The molecule has 5 fully saturated rings. The average Bonchev–Trinajstić information content (AvgIpc) is 3.00. The molecular weight excluding hydrogens is 608 g/mol. The summed E-state index contributed by atoms with van der Waals surface area (Å²) in [5, 5.41) is 11.0. The van der Waals surface area contributed by atoms with Crippen molar-refractivity contribution in [1.82, 2.24) is 9.80 Å². The number of hydrogen-bond donors (Lipinski definition) is 1. The Labute approximate surface area is 288 Å². The standard InChI is InChI=1S/C39H62N2O7/c1-24(2)25(3)35(5)14-15-37(7)27-10-11-30-36(6)22-46-23-39(30,28(27)12-13-38(37,8)32(35)34(44)45)20-29(47-26(4)42)33(36)48-31(43)21-41-18-16-40(9)17-19-41/h12,24-25,27,29-30,32-33H,10-11,13-23H2,1-9H3,(H,44,45)/t25-,27+,29-,30+,32-,33+,35-,36+,37-,38+,39-/m1/s1. The fourth-order valence-corrected chi connectivity index (χ4v) is 12.5. The molecule has 3 saturated carbocycles. The highest BCUT2D eigenvalue weighted by Crippen LogP contribution is 2.75. The van der Waals surface area contributed by atoms with Crippen LogP contribution in [0.4, 0.5) is 0 Å². The first-order chi connectivity index (χ1) is 22.4. The first kappa shape index (κ1) is 35.8. The van der Waals surface area contributed by atoms with Crippen molar-refractivity contribution in [2.75, 3.05) is 53.0 Å². The van der Waals surface area contributed by atoms with Crippen LogP contribution in [0.3, 0.4) is 0 Å². The molecule has 2 aliphatic heterocycles. The van der Waals surface area contributed by atoms with E-state index in [1.54, 1.807) is 0 Å². The highest BCUT2D eigenvalue weighted by Gasteiger charge is 2.72. The predicted octanol–water partition coefficient (Wildman–Crippen LogP) is 5.67. The normalized spacial score (nSPS) is 45.2. The first-order valence-electron chi connectivity index (χ1n) is 18.7. The Morgan fingerprint density at radius 2 is 1.67 bits per heavy atom. The van der Waals surface area contributed by atoms with E-state index < -0.39 is 34.9 Å². The van der Waals surface area contributed by atoms with Crippen LogP contribution in [0.1, 0.15) is 93.9 Å². The van der Waals surface area contributed by atoms with Crippen LogP contribution in [0.25, 0.3) is 0 Å². The van der Waals surface area contributed by atoms with E-state index in [1.165, 1.54) is 12.5 Å². The molecule has 270 valence electrons. The lowest BCUT2D eigenvalue weighted by Crippen LogP contribution is -2.70. The maximum atomic E-state index is 13.5. The average molecular weight is 671 g/mol. The summed E-state index contributed by atoms with van der Waals surface area (Å²) in [5.74, 6) is -0.648. The molecule has 9 heteroatoms. The van der Waals surface area contributed by atoms with Crippen molar-refractivity contribution >= 4 is 17.9 Å². The fourth-order valence-electron chi connectivity index (χ4n) is 12.5. The Bertz CT molecular complexity index is 1320. The zero-order chi connectivity index (χ0) is 35.0. The summed E-state index contributed by atoms with van der Waals surface area (Å²) in [5.41, 5.74) is -0.402. The third-order valence-electron chi connectivity index (χ3n) is 15.6. The van der Waals surface area contributed by atoms with Gasteiger partial charge in [-0.15, -0.1) is 0 Å². The molecular formula is C39H62N2O7.